The number of esters is 2. The van der Waals surface area contributed by atoms with Crippen LogP contribution in [-0.2, 0) is 14.3 Å². The van der Waals surface area contributed by atoms with Crippen molar-refractivity contribution in [3.8, 4) is 0 Å². The van der Waals surface area contributed by atoms with E-state index in [4.69, 9.17) is 0 Å². The number of hydrogen-bond donors (Lipinski definition) is 0. The fourth-order valence-corrected chi connectivity index (χ4v) is 2.81. The Kier molecular flexibility index (Phi) is 10.3. The zero-order valence-corrected chi connectivity index (χ0v) is 14.9. The lowest BCUT2D eigenvalue weighted by molar-refractivity contribution is -0.151. The van der Waals surface area contributed by atoms with Gasteiger partial charge in [-0.1, -0.05) is 57.6 Å². The number of carbonyl (C=O) groups excluding carboxylic acids is 2. The third-order valence-electron chi connectivity index (χ3n) is 4.38. The van der Waals surface area contributed by atoms with E-state index in [-0.39, 0.29) is 0 Å². The predicted molar refractivity (Wildman–Crippen MR) is 94.0 cm³/mol. The van der Waals surface area contributed by atoms with Gasteiger partial charge < -0.3 is 4.74 Å². The summed E-state index contributed by atoms with van der Waals surface area (Å²) in [6, 6.07) is 0. The van der Waals surface area contributed by atoms with Crippen molar-refractivity contribution in [2.24, 2.45) is 0 Å². The zero-order chi connectivity index (χ0) is 16.9. The van der Waals surface area contributed by atoms with Crippen LogP contribution < -0.4 is 0 Å². The van der Waals surface area contributed by atoms with Gasteiger partial charge in [0.1, 0.15) is 0 Å². The molecule has 1 rings (SSSR count). The van der Waals surface area contributed by atoms with Crippen LogP contribution in [0, 0.1) is 0 Å². The Bertz CT molecular complexity index is 432. The number of carbonyl (C=O) groups is 2. The molecule has 1 heterocycles. The van der Waals surface area contributed by atoms with Crippen molar-refractivity contribution in [1.29, 1.82) is 0 Å². The summed E-state index contributed by atoms with van der Waals surface area (Å²) in [4.78, 5) is 22.7. The van der Waals surface area contributed by atoms with Crippen LogP contribution in [0.15, 0.2) is 23.3 Å². The summed E-state index contributed by atoms with van der Waals surface area (Å²) in [6.45, 7) is 3.92. The van der Waals surface area contributed by atoms with Gasteiger partial charge >= 0.3 is 11.9 Å². The number of allylic oxidation sites excluding steroid dienone is 2. The Morgan fingerprint density at radius 2 is 1.35 bits per heavy atom. The molecule has 0 N–H and O–H groups in total. The molecule has 0 atom stereocenters. The highest BCUT2D eigenvalue weighted by molar-refractivity contribution is 6.11. The first-order valence-corrected chi connectivity index (χ1v) is 9.28. The number of cyclic esters (lactones) is 2. The molecule has 1 aliphatic rings. The molecule has 0 bridgehead atoms. The van der Waals surface area contributed by atoms with Crippen molar-refractivity contribution in [3.63, 3.8) is 0 Å². The van der Waals surface area contributed by atoms with Crippen molar-refractivity contribution in [3.05, 3.63) is 23.3 Å². The van der Waals surface area contributed by atoms with Gasteiger partial charge in [-0.15, -0.1) is 0 Å². The van der Waals surface area contributed by atoms with Gasteiger partial charge in [-0.2, -0.15) is 0 Å². The molecule has 0 saturated carbocycles. The van der Waals surface area contributed by atoms with Crippen LogP contribution in [0.1, 0.15) is 90.9 Å². The second kappa shape index (κ2) is 12.1. The molecule has 0 amide bonds. The summed E-state index contributed by atoms with van der Waals surface area (Å²) in [6.07, 6.45) is 18.8. The first-order valence-electron chi connectivity index (χ1n) is 9.28. The molecule has 130 valence electrons. The molecule has 0 saturated heterocycles. The van der Waals surface area contributed by atoms with Crippen molar-refractivity contribution >= 4 is 11.9 Å². The molecule has 3 heteroatoms. The van der Waals surface area contributed by atoms with Gasteiger partial charge in [-0.05, 0) is 45.4 Å². The third kappa shape index (κ3) is 8.15. The third-order valence-corrected chi connectivity index (χ3v) is 4.38. The van der Waals surface area contributed by atoms with Crippen LogP contribution in [-0.4, -0.2) is 11.9 Å². The highest BCUT2D eigenvalue weighted by atomic mass is 16.6. The van der Waals surface area contributed by atoms with Gasteiger partial charge in [0.15, 0.2) is 0 Å². The molecule has 0 radical (unpaired) electrons. The van der Waals surface area contributed by atoms with E-state index in [1.807, 2.05) is 0 Å². The van der Waals surface area contributed by atoms with Gasteiger partial charge in [0.05, 0.1) is 0 Å². The Hall–Kier alpha value is -1.38. The molecule has 0 unspecified atom stereocenters. The molecule has 0 aromatic carbocycles. The second-order valence-corrected chi connectivity index (χ2v) is 6.41. The van der Waals surface area contributed by atoms with Gasteiger partial charge in [-0.3, -0.25) is 0 Å². The predicted octanol–water partition coefficient (Wildman–Crippen LogP) is 5.64. The molecule has 0 aromatic heterocycles. The van der Waals surface area contributed by atoms with E-state index in [1.165, 1.54) is 44.9 Å². The van der Waals surface area contributed by atoms with Gasteiger partial charge in [-0.25, -0.2) is 9.59 Å². The Morgan fingerprint density at radius 1 is 0.783 bits per heavy atom. The number of hydrogen-bond acceptors (Lipinski definition) is 3. The molecule has 23 heavy (non-hydrogen) atoms. The second-order valence-electron chi connectivity index (χ2n) is 6.41. The maximum absolute atomic E-state index is 11.4. The maximum atomic E-state index is 11.4. The molecular weight excluding hydrogens is 288 g/mol. The number of rotatable bonds is 13. The van der Waals surface area contributed by atoms with E-state index in [0.717, 1.165) is 25.7 Å². The van der Waals surface area contributed by atoms with E-state index in [9.17, 15) is 9.59 Å². The van der Waals surface area contributed by atoms with Gasteiger partial charge in [0, 0.05) is 11.1 Å². The lowest BCUT2D eigenvalue weighted by Gasteiger charge is -2.00. The first-order chi connectivity index (χ1) is 11.2. The van der Waals surface area contributed by atoms with Crippen LogP contribution in [0.25, 0.3) is 0 Å². The molecule has 0 spiro atoms. The van der Waals surface area contributed by atoms with E-state index in [1.54, 1.807) is 6.92 Å². The Morgan fingerprint density at radius 3 is 1.91 bits per heavy atom. The van der Waals surface area contributed by atoms with Crippen LogP contribution >= 0.6 is 0 Å². The van der Waals surface area contributed by atoms with E-state index >= 15 is 0 Å². The number of ether oxygens (including phenoxy) is 1. The summed E-state index contributed by atoms with van der Waals surface area (Å²) < 4.78 is 4.59. The quantitative estimate of drug-likeness (QED) is 0.191. The summed E-state index contributed by atoms with van der Waals surface area (Å²) in [7, 11) is 0. The molecule has 0 aromatic rings. The monoisotopic (exact) mass is 320 g/mol. The molecular formula is C20H32O3. The fraction of sp³-hybridized carbons (Fsp3) is 0.700. The van der Waals surface area contributed by atoms with E-state index in [2.05, 4.69) is 23.8 Å². The summed E-state index contributed by atoms with van der Waals surface area (Å²) in [5.74, 6) is -0.908. The zero-order valence-electron chi connectivity index (χ0n) is 14.9. The topological polar surface area (TPSA) is 43.4 Å². The van der Waals surface area contributed by atoms with Crippen LogP contribution in [0.5, 0.6) is 0 Å². The Balaban J connectivity index is 1.94. The van der Waals surface area contributed by atoms with Crippen molar-refractivity contribution in [2.45, 2.75) is 90.9 Å². The lowest BCUT2D eigenvalue weighted by atomic mass is 10.0. The summed E-state index contributed by atoms with van der Waals surface area (Å²) in [5.41, 5.74) is 1.07. The summed E-state index contributed by atoms with van der Waals surface area (Å²) >= 11 is 0. The fourth-order valence-electron chi connectivity index (χ4n) is 2.81. The smallest absolute Gasteiger partial charge is 0.342 e. The average Bonchev–Trinajstić information content (AvgIpc) is 2.77. The summed E-state index contributed by atoms with van der Waals surface area (Å²) in [5, 5.41) is 0. The molecule has 1 aliphatic heterocycles. The van der Waals surface area contributed by atoms with E-state index < -0.39 is 11.9 Å². The SMILES string of the molecule is CCCCCCCC/C=C\CCCCCC1=C(C)C(=O)OC1=O. The van der Waals surface area contributed by atoms with E-state index in [0.29, 0.717) is 17.6 Å². The van der Waals surface area contributed by atoms with Crippen molar-refractivity contribution in [2.75, 3.05) is 0 Å². The largest absolute Gasteiger partial charge is 0.386 e. The minimum atomic E-state index is -0.470. The highest BCUT2D eigenvalue weighted by Gasteiger charge is 2.28. The minimum absolute atomic E-state index is 0.439. The maximum Gasteiger partial charge on any atom is 0.342 e. The lowest BCUT2D eigenvalue weighted by Crippen LogP contribution is -2.01. The van der Waals surface area contributed by atoms with Crippen molar-refractivity contribution < 1.29 is 14.3 Å². The first kappa shape index (κ1) is 19.7. The molecule has 0 aliphatic carbocycles. The van der Waals surface area contributed by atoms with Crippen LogP contribution in [0.2, 0.25) is 0 Å². The van der Waals surface area contributed by atoms with Crippen LogP contribution in [0.3, 0.4) is 0 Å². The Labute approximate surface area is 141 Å². The number of unbranched alkanes of at least 4 members (excludes halogenated alkanes) is 9. The van der Waals surface area contributed by atoms with Gasteiger partial charge in [0.2, 0.25) is 0 Å². The van der Waals surface area contributed by atoms with Gasteiger partial charge in [0.25, 0.3) is 0 Å². The van der Waals surface area contributed by atoms with Crippen LogP contribution in [0.4, 0.5) is 0 Å². The normalized spacial score (nSPS) is 15.0. The molecule has 0 fully saturated rings. The molecule has 3 nitrogen and oxygen atoms in total. The standard InChI is InChI=1S/C20H32O3/c1-3-4-5-6-7-8-9-10-11-12-13-14-15-16-18-17(2)19(21)23-20(18)22/h10-11H,3-9,12-16H2,1-2H3/b11-10-. The van der Waals surface area contributed by atoms with Crippen molar-refractivity contribution in [1.82, 2.24) is 0 Å². The average molecular weight is 320 g/mol. The minimum Gasteiger partial charge on any atom is -0.386 e. The highest BCUT2D eigenvalue weighted by Crippen LogP contribution is 2.22.